The van der Waals surface area contributed by atoms with E-state index in [9.17, 15) is 4.39 Å². The average Bonchev–Trinajstić information content (AvgIpc) is 2.14. The quantitative estimate of drug-likeness (QED) is 0.714. The fourth-order valence-electron chi connectivity index (χ4n) is 1.04. The Morgan fingerprint density at radius 2 is 2.38 bits per heavy atom. The van der Waals surface area contributed by atoms with Gasteiger partial charge in [-0.25, -0.2) is 4.39 Å². The van der Waals surface area contributed by atoms with Crippen LogP contribution in [-0.2, 0) is 0 Å². The SMILES string of the molecule is C#CCCC(N)c1cncc(F)c1. The minimum absolute atomic E-state index is 0.223. The highest BCUT2D eigenvalue weighted by Gasteiger charge is 2.05. The molecule has 1 aromatic heterocycles. The summed E-state index contributed by atoms with van der Waals surface area (Å²) in [5.74, 6) is 2.12. The van der Waals surface area contributed by atoms with Crippen molar-refractivity contribution in [2.24, 2.45) is 5.73 Å². The molecule has 0 spiro atoms. The minimum atomic E-state index is -0.367. The van der Waals surface area contributed by atoms with E-state index in [1.807, 2.05) is 0 Å². The van der Waals surface area contributed by atoms with Gasteiger partial charge in [-0.15, -0.1) is 12.3 Å². The largest absolute Gasteiger partial charge is 0.324 e. The van der Waals surface area contributed by atoms with Gasteiger partial charge in [-0.1, -0.05) is 0 Å². The lowest BCUT2D eigenvalue weighted by atomic mass is 10.1. The van der Waals surface area contributed by atoms with Crippen LogP contribution in [0, 0.1) is 18.2 Å². The molecule has 13 heavy (non-hydrogen) atoms. The van der Waals surface area contributed by atoms with Crippen molar-refractivity contribution in [3.05, 3.63) is 29.8 Å². The lowest BCUT2D eigenvalue weighted by Gasteiger charge is -2.08. The van der Waals surface area contributed by atoms with Crippen LogP contribution in [0.1, 0.15) is 24.4 Å². The number of hydrogen-bond acceptors (Lipinski definition) is 2. The van der Waals surface area contributed by atoms with Gasteiger partial charge in [0.15, 0.2) is 0 Å². The number of halogens is 1. The zero-order valence-electron chi connectivity index (χ0n) is 7.20. The lowest BCUT2D eigenvalue weighted by molar-refractivity contribution is 0.604. The third-order valence-electron chi connectivity index (χ3n) is 1.75. The highest BCUT2D eigenvalue weighted by atomic mass is 19.1. The molecule has 1 aromatic rings. The molecule has 0 aliphatic rings. The molecule has 1 unspecified atom stereocenters. The van der Waals surface area contributed by atoms with Crippen LogP contribution in [-0.4, -0.2) is 4.98 Å². The van der Waals surface area contributed by atoms with Crippen molar-refractivity contribution in [2.75, 3.05) is 0 Å². The van der Waals surface area contributed by atoms with E-state index in [0.717, 1.165) is 6.20 Å². The molecule has 0 aliphatic carbocycles. The predicted molar refractivity (Wildman–Crippen MR) is 49.2 cm³/mol. The van der Waals surface area contributed by atoms with Gasteiger partial charge in [0.25, 0.3) is 0 Å². The zero-order chi connectivity index (χ0) is 9.68. The van der Waals surface area contributed by atoms with E-state index in [0.29, 0.717) is 18.4 Å². The molecule has 0 saturated heterocycles. The van der Waals surface area contributed by atoms with Crippen molar-refractivity contribution in [1.29, 1.82) is 0 Å². The smallest absolute Gasteiger partial charge is 0.141 e. The van der Waals surface area contributed by atoms with Crippen molar-refractivity contribution < 1.29 is 4.39 Å². The summed E-state index contributed by atoms with van der Waals surface area (Å²) < 4.78 is 12.7. The van der Waals surface area contributed by atoms with E-state index in [-0.39, 0.29) is 11.9 Å². The van der Waals surface area contributed by atoms with Crippen LogP contribution in [0.5, 0.6) is 0 Å². The van der Waals surface area contributed by atoms with Crippen LogP contribution in [0.2, 0.25) is 0 Å². The van der Waals surface area contributed by atoms with Gasteiger partial charge in [0.2, 0.25) is 0 Å². The molecule has 0 aliphatic heterocycles. The molecule has 1 atom stereocenters. The van der Waals surface area contributed by atoms with E-state index < -0.39 is 0 Å². The van der Waals surface area contributed by atoms with Crippen LogP contribution in [0.25, 0.3) is 0 Å². The van der Waals surface area contributed by atoms with E-state index in [4.69, 9.17) is 12.2 Å². The first kappa shape index (κ1) is 9.69. The summed E-state index contributed by atoms with van der Waals surface area (Å²) in [6.07, 6.45) is 9.05. The Morgan fingerprint density at radius 3 is 3.00 bits per heavy atom. The molecule has 0 aromatic carbocycles. The van der Waals surface area contributed by atoms with E-state index >= 15 is 0 Å². The zero-order valence-corrected chi connectivity index (χ0v) is 7.20. The standard InChI is InChI=1S/C10H11FN2/c1-2-3-4-10(12)8-5-9(11)7-13-6-8/h1,5-7,10H,3-4,12H2. The molecule has 2 nitrogen and oxygen atoms in total. The molecule has 0 radical (unpaired) electrons. The minimum Gasteiger partial charge on any atom is -0.324 e. The predicted octanol–water partition coefficient (Wildman–Crippen LogP) is 1.63. The van der Waals surface area contributed by atoms with Gasteiger partial charge in [0.05, 0.1) is 6.20 Å². The number of nitrogens with zero attached hydrogens (tertiary/aromatic N) is 1. The van der Waals surface area contributed by atoms with Gasteiger partial charge in [-0.05, 0) is 18.1 Å². The Morgan fingerprint density at radius 1 is 1.62 bits per heavy atom. The number of terminal acetylenes is 1. The first-order valence-electron chi connectivity index (χ1n) is 4.03. The number of pyridine rings is 1. The second-order valence-corrected chi connectivity index (χ2v) is 2.79. The first-order chi connectivity index (χ1) is 6.24. The Labute approximate surface area is 77.0 Å². The molecule has 68 valence electrons. The maximum atomic E-state index is 12.7. The van der Waals surface area contributed by atoms with Gasteiger partial charge >= 0.3 is 0 Å². The number of nitrogens with two attached hydrogens (primary N) is 1. The fraction of sp³-hybridized carbons (Fsp3) is 0.300. The van der Waals surface area contributed by atoms with Gasteiger partial charge in [-0.3, -0.25) is 4.98 Å². The second kappa shape index (κ2) is 4.58. The van der Waals surface area contributed by atoms with Crippen LogP contribution in [0.15, 0.2) is 18.5 Å². The molecule has 1 heterocycles. The van der Waals surface area contributed by atoms with Gasteiger partial charge < -0.3 is 5.73 Å². The molecule has 1 rings (SSSR count). The molecule has 0 amide bonds. The Bertz CT molecular complexity index is 317. The molecule has 3 heteroatoms. The molecule has 0 fully saturated rings. The summed E-state index contributed by atoms with van der Waals surface area (Å²) in [4.78, 5) is 3.71. The fourth-order valence-corrected chi connectivity index (χ4v) is 1.04. The van der Waals surface area contributed by atoms with E-state index in [2.05, 4.69) is 10.9 Å². The van der Waals surface area contributed by atoms with Crippen LogP contribution in [0.3, 0.4) is 0 Å². The molecule has 0 saturated carbocycles. The van der Waals surface area contributed by atoms with Crippen molar-refractivity contribution in [2.45, 2.75) is 18.9 Å². The Hall–Kier alpha value is -1.40. The summed E-state index contributed by atoms with van der Waals surface area (Å²) in [6, 6.07) is 1.16. The van der Waals surface area contributed by atoms with Crippen molar-refractivity contribution >= 4 is 0 Å². The summed E-state index contributed by atoms with van der Waals surface area (Å²) in [6.45, 7) is 0. The lowest BCUT2D eigenvalue weighted by Crippen LogP contribution is -2.10. The van der Waals surface area contributed by atoms with Gasteiger partial charge in [0.1, 0.15) is 5.82 Å². The summed E-state index contributed by atoms with van der Waals surface area (Å²) in [5.41, 5.74) is 6.44. The summed E-state index contributed by atoms with van der Waals surface area (Å²) in [7, 11) is 0. The van der Waals surface area contributed by atoms with Crippen LogP contribution < -0.4 is 5.73 Å². The number of hydrogen-bond donors (Lipinski definition) is 1. The molecule has 0 bridgehead atoms. The number of rotatable bonds is 3. The topological polar surface area (TPSA) is 38.9 Å². The maximum absolute atomic E-state index is 12.7. The average molecular weight is 178 g/mol. The monoisotopic (exact) mass is 178 g/mol. The van der Waals surface area contributed by atoms with Crippen molar-refractivity contribution in [3.63, 3.8) is 0 Å². The third kappa shape index (κ3) is 2.85. The highest BCUT2D eigenvalue weighted by molar-refractivity contribution is 5.14. The summed E-state index contributed by atoms with van der Waals surface area (Å²) >= 11 is 0. The van der Waals surface area contributed by atoms with Crippen molar-refractivity contribution in [1.82, 2.24) is 4.98 Å². The van der Waals surface area contributed by atoms with E-state index in [1.165, 1.54) is 6.07 Å². The third-order valence-corrected chi connectivity index (χ3v) is 1.75. The molecular formula is C10H11FN2. The van der Waals surface area contributed by atoms with Crippen LogP contribution >= 0.6 is 0 Å². The van der Waals surface area contributed by atoms with E-state index in [1.54, 1.807) is 6.20 Å². The first-order valence-corrected chi connectivity index (χ1v) is 4.03. The Kier molecular flexibility index (Phi) is 3.41. The maximum Gasteiger partial charge on any atom is 0.141 e. The summed E-state index contributed by atoms with van der Waals surface area (Å²) in [5, 5.41) is 0. The normalized spacial score (nSPS) is 12.1. The van der Waals surface area contributed by atoms with Gasteiger partial charge in [-0.2, -0.15) is 0 Å². The molecular weight excluding hydrogens is 167 g/mol. The second-order valence-electron chi connectivity index (χ2n) is 2.79. The number of aromatic nitrogens is 1. The highest BCUT2D eigenvalue weighted by Crippen LogP contribution is 2.14. The molecule has 2 N–H and O–H groups in total. The van der Waals surface area contributed by atoms with Crippen molar-refractivity contribution in [3.8, 4) is 12.3 Å². The Balaban J connectivity index is 2.66. The van der Waals surface area contributed by atoms with Gasteiger partial charge in [0, 0.05) is 18.7 Å². The van der Waals surface area contributed by atoms with Crippen LogP contribution in [0.4, 0.5) is 4.39 Å².